The van der Waals surface area contributed by atoms with Crippen molar-refractivity contribution in [1.29, 1.82) is 0 Å². The second-order valence-corrected chi connectivity index (χ2v) is 7.08. The molecule has 2 rings (SSSR count). The molecule has 0 aromatic carbocycles. The molecule has 2 aliphatic rings. The Morgan fingerprint density at radius 1 is 1.50 bits per heavy atom. The van der Waals surface area contributed by atoms with Gasteiger partial charge >= 0.3 is 88.9 Å². The Balaban J connectivity index is 2.58. The first kappa shape index (κ1) is 10.5. The summed E-state index contributed by atoms with van der Waals surface area (Å²) in [7, 11) is 1.93. The van der Waals surface area contributed by atoms with Crippen molar-refractivity contribution < 1.29 is 12.6 Å². The predicted molar refractivity (Wildman–Crippen MR) is 52.5 cm³/mol. The summed E-state index contributed by atoms with van der Waals surface area (Å²) in [6, 6.07) is 0. The fourth-order valence-electron chi connectivity index (χ4n) is 3.22. The molecular formula is C10H17NO2Se. The van der Waals surface area contributed by atoms with Crippen LogP contribution in [-0.4, -0.2) is 35.9 Å². The molecule has 0 N–H and O–H groups in total. The first-order chi connectivity index (χ1) is 6.32. The number of hydrogen-bond acceptors (Lipinski definition) is 2. The third kappa shape index (κ3) is 0.944. The van der Waals surface area contributed by atoms with Gasteiger partial charge in [-0.05, 0) is 0 Å². The molecule has 1 saturated carbocycles. The Morgan fingerprint density at radius 2 is 2.07 bits per heavy atom. The molecule has 1 aliphatic heterocycles. The standard InChI is InChI=1S/C10H17NO2Se/c1-9(2)7-5-6-10(9,3)11(4)8(7)14(12)13/h7H,5-6H2,1-4H3. The van der Waals surface area contributed by atoms with E-state index >= 15 is 0 Å². The molecule has 3 atom stereocenters. The van der Waals surface area contributed by atoms with Crippen LogP contribution >= 0.6 is 0 Å². The summed E-state index contributed by atoms with van der Waals surface area (Å²) in [6.45, 7) is 6.58. The molecule has 4 heteroatoms. The van der Waals surface area contributed by atoms with E-state index in [9.17, 15) is 8.02 Å². The van der Waals surface area contributed by atoms with Crippen LogP contribution in [0.3, 0.4) is 0 Å². The van der Waals surface area contributed by atoms with Gasteiger partial charge in [0.2, 0.25) is 0 Å². The number of fused-ring (bicyclic) bond motifs is 2. The van der Waals surface area contributed by atoms with E-state index in [2.05, 4.69) is 20.8 Å². The molecule has 0 spiro atoms. The Labute approximate surface area is 89.2 Å². The van der Waals surface area contributed by atoms with Crippen LogP contribution in [0.4, 0.5) is 0 Å². The summed E-state index contributed by atoms with van der Waals surface area (Å²) in [6.07, 6.45) is 2.15. The normalized spacial score (nSPS) is 41.9. The van der Waals surface area contributed by atoms with Crippen molar-refractivity contribution in [2.75, 3.05) is 7.05 Å². The van der Waals surface area contributed by atoms with Crippen LogP contribution in [-0.2, 0) is 3.83 Å². The zero-order valence-corrected chi connectivity index (χ0v) is 10.9. The molecule has 1 aliphatic carbocycles. The van der Waals surface area contributed by atoms with Gasteiger partial charge in [-0.15, -0.1) is 0 Å². The van der Waals surface area contributed by atoms with Gasteiger partial charge in [-0.3, -0.25) is 0 Å². The summed E-state index contributed by atoms with van der Waals surface area (Å²) in [5.74, 6) is 0.262. The quantitative estimate of drug-likeness (QED) is 0.497. The maximum atomic E-state index is 11.3. The van der Waals surface area contributed by atoms with Crippen LogP contribution in [0.5, 0.6) is 0 Å². The summed E-state index contributed by atoms with van der Waals surface area (Å²) >= 11 is -2.98. The molecule has 0 saturated heterocycles. The molecule has 0 aromatic heterocycles. The van der Waals surface area contributed by atoms with Crippen molar-refractivity contribution >= 4 is 18.8 Å². The Bertz CT molecular complexity index is 348. The van der Waals surface area contributed by atoms with E-state index in [1.54, 1.807) is 0 Å². The Kier molecular flexibility index (Phi) is 2.05. The molecule has 2 bridgehead atoms. The molecule has 80 valence electrons. The van der Waals surface area contributed by atoms with Crippen LogP contribution < -0.4 is 4.19 Å². The number of rotatable bonds is 1. The van der Waals surface area contributed by atoms with Gasteiger partial charge in [0, 0.05) is 0 Å². The van der Waals surface area contributed by atoms with Crippen LogP contribution in [0.1, 0.15) is 33.6 Å². The zero-order chi connectivity index (χ0) is 10.7. The molecular weight excluding hydrogens is 245 g/mol. The SMILES string of the molecule is C[N+]1=C([Se](=O)[O-])C2CCC1(C)C2(C)C. The van der Waals surface area contributed by atoms with Crippen molar-refractivity contribution in [3.8, 4) is 0 Å². The Hall–Kier alpha value is -0.0505. The average Bonchev–Trinajstić information content (AvgIpc) is 2.35. The summed E-state index contributed by atoms with van der Waals surface area (Å²) in [5, 5.41) is 0. The van der Waals surface area contributed by atoms with Crippen molar-refractivity contribution in [3.05, 3.63) is 0 Å². The summed E-state index contributed by atoms with van der Waals surface area (Å²) in [4.78, 5) is 0. The topological polar surface area (TPSA) is 43.1 Å². The van der Waals surface area contributed by atoms with E-state index in [1.807, 2.05) is 11.6 Å². The minimum absolute atomic E-state index is 0.0452. The van der Waals surface area contributed by atoms with E-state index in [-0.39, 0.29) is 16.9 Å². The molecule has 0 radical (unpaired) electrons. The van der Waals surface area contributed by atoms with Gasteiger partial charge in [0.15, 0.2) is 0 Å². The van der Waals surface area contributed by atoms with Crippen LogP contribution in [0.15, 0.2) is 0 Å². The van der Waals surface area contributed by atoms with Crippen molar-refractivity contribution in [1.82, 2.24) is 0 Å². The second kappa shape index (κ2) is 2.75. The maximum absolute atomic E-state index is 11.3. The van der Waals surface area contributed by atoms with Crippen LogP contribution in [0.2, 0.25) is 0 Å². The van der Waals surface area contributed by atoms with E-state index in [0.29, 0.717) is 4.61 Å². The van der Waals surface area contributed by atoms with Crippen LogP contribution in [0, 0.1) is 11.3 Å². The van der Waals surface area contributed by atoms with Gasteiger partial charge in [0.05, 0.1) is 0 Å². The van der Waals surface area contributed by atoms with Gasteiger partial charge < -0.3 is 0 Å². The van der Waals surface area contributed by atoms with Gasteiger partial charge in [-0.25, -0.2) is 0 Å². The Morgan fingerprint density at radius 3 is 2.36 bits per heavy atom. The zero-order valence-electron chi connectivity index (χ0n) is 9.16. The van der Waals surface area contributed by atoms with Crippen LogP contribution in [0.25, 0.3) is 0 Å². The molecule has 3 unspecified atom stereocenters. The molecule has 14 heavy (non-hydrogen) atoms. The van der Waals surface area contributed by atoms with Gasteiger partial charge in [0.1, 0.15) is 0 Å². The monoisotopic (exact) mass is 263 g/mol. The number of nitrogens with zero attached hydrogens (tertiary/aromatic N) is 1. The van der Waals surface area contributed by atoms with E-state index in [0.717, 1.165) is 12.8 Å². The molecule has 1 heterocycles. The first-order valence-corrected chi connectivity index (χ1v) is 7.28. The molecule has 0 amide bonds. The third-order valence-corrected chi connectivity index (χ3v) is 6.61. The van der Waals surface area contributed by atoms with E-state index in [4.69, 9.17) is 0 Å². The van der Waals surface area contributed by atoms with Crippen molar-refractivity contribution in [3.63, 3.8) is 0 Å². The second-order valence-electron chi connectivity index (χ2n) is 5.22. The minimum atomic E-state index is -2.98. The first-order valence-electron chi connectivity index (χ1n) is 5.02. The fraction of sp³-hybridized carbons (Fsp3) is 0.900. The molecule has 0 aromatic rings. The fourth-order valence-corrected chi connectivity index (χ4v) is 5.47. The number of hydrogen-bond donors (Lipinski definition) is 0. The molecule has 1 fully saturated rings. The van der Waals surface area contributed by atoms with Gasteiger partial charge in [-0.2, -0.15) is 0 Å². The molecule has 3 nitrogen and oxygen atoms in total. The predicted octanol–water partition coefficient (Wildman–Crippen LogP) is 0.0964. The average molecular weight is 262 g/mol. The third-order valence-electron chi connectivity index (χ3n) is 4.72. The van der Waals surface area contributed by atoms with Crippen molar-refractivity contribution in [2.45, 2.75) is 39.2 Å². The van der Waals surface area contributed by atoms with Gasteiger partial charge in [-0.1, -0.05) is 0 Å². The summed E-state index contributed by atoms with van der Waals surface area (Å²) in [5.41, 5.74) is 0.150. The van der Waals surface area contributed by atoms with Gasteiger partial charge in [0.25, 0.3) is 0 Å². The van der Waals surface area contributed by atoms with E-state index in [1.165, 1.54) is 0 Å². The van der Waals surface area contributed by atoms with Crippen molar-refractivity contribution in [2.24, 2.45) is 11.3 Å². The summed E-state index contributed by atoms with van der Waals surface area (Å²) < 4.78 is 25.2. The van der Waals surface area contributed by atoms with E-state index < -0.39 is 14.2 Å².